The van der Waals surface area contributed by atoms with E-state index in [1.807, 2.05) is 36.6 Å². The van der Waals surface area contributed by atoms with Crippen LogP contribution in [0.5, 0.6) is 5.75 Å². The molecule has 5 heteroatoms. The number of carbonyl (C=O) groups excluding carboxylic acids is 1. The Hall–Kier alpha value is -2.66. The van der Waals surface area contributed by atoms with Gasteiger partial charge in [-0.05, 0) is 29.5 Å². The van der Waals surface area contributed by atoms with Gasteiger partial charge in [0.2, 0.25) is 0 Å². The molecule has 0 fully saturated rings. The first-order valence-electron chi connectivity index (χ1n) is 8.87. The molecular formula is C22H24N2O2S. The molecule has 2 aromatic carbocycles. The summed E-state index contributed by atoms with van der Waals surface area (Å²) in [4.78, 5) is 16.6. The van der Waals surface area contributed by atoms with E-state index >= 15 is 0 Å². The van der Waals surface area contributed by atoms with Crippen LogP contribution in [0.2, 0.25) is 0 Å². The number of aromatic nitrogens is 1. The molecule has 0 saturated heterocycles. The maximum atomic E-state index is 12.1. The molecule has 3 rings (SSSR count). The minimum absolute atomic E-state index is 0.0416. The van der Waals surface area contributed by atoms with Crippen LogP contribution < -0.4 is 10.1 Å². The van der Waals surface area contributed by atoms with Gasteiger partial charge in [-0.15, -0.1) is 11.3 Å². The predicted octanol–water partition coefficient (Wildman–Crippen LogP) is 5.43. The topological polar surface area (TPSA) is 51.2 Å². The lowest BCUT2D eigenvalue weighted by Gasteiger charge is -2.18. The molecule has 1 aromatic heterocycles. The molecule has 0 spiro atoms. The number of nitrogens with one attached hydrogen (secondary N) is 1. The molecule has 0 bridgehead atoms. The van der Waals surface area contributed by atoms with E-state index in [-0.39, 0.29) is 17.9 Å². The summed E-state index contributed by atoms with van der Waals surface area (Å²) in [6.45, 7) is 8.48. The number of anilines is 1. The summed E-state index contributed by atoms with van der Waals surface area (Å²) in [6, 6.07) is 16.0. The van der Waals surface area contributed by atoms with Crippen molar-refractivity contribution >= 4 is 22.4 Å². The Balaban J connectivity index is 1.60. The van der Waals surface area contributed by atoms with Crippen molar-refractivity contribution in [1.82, 2.24) is 4.98 Å². The fourth-order valence-corrected chi connectivity index (χ4v) is 3.36. The summed E-state index contributed by atoms with van der Waals surface area (Å²) in [5, 5.41) is 5.32. The lowest BCUT2D eigenvalue weighted by atomic mass is 9.86. The molecule has 1 heterocycles. The lowest BCUT2D eigenvalue weighted by molar-refractivity contribution is -0.118. The number of para-hydroxylation sites is 1. The van der Waals surface area contributed by atoms with Crippen molar-refractivity contribution in [3.8, 4) is 17.0 Å². The molecule has 3 aromatic rings. The summed E-state index contributed by atoms with van der Waals surface area (Å²) < 4.78 is 5.57. The molecule has 0 unspecified atom stereocenters. The molecule has 0 aliphatic heterocycles. The number of hydrogen-bond donors (Lipinski definition) is 1. The highest BCUT2D eigenvalue weighted by molar-refractivity contribution is 7.14. The SMILES string of the molecule is Cc1ccccc1OCC(=O)Nc1nc(-c2ccc(C(C)(C)C)cc2)cs1. The smallest absolute Gasteiger partial charge is 0.264 e. The molecule has 1 amide bonds. The van der Waals surface area contributed by atoms with Gasteiger partial charge in [-0.2, -0.15) is 0 Å². The molecule has 0 radical (unpaired) electrons. The van der Waals surface area contributed by atoms with Gasteiger partial charge in [-0.1, -0.05) is 63.2 Å². The second kappa shape index (κ2) is 7.92. The normalized spacial score (nSPS) is 11.3. The maximum absolute atomic E-state index is 12.1. The first-order chi connectivity index (χ1) is 12.8. The summed E-state index contributed by atoms with van der Waals surface area (Å²) in [5.41, 5.74) is 4.30. The Bertz CT molecular complexity index is 924. The molecule has 0 atom stereocenters. The average molecular weight is 381 g/mol. The Labute approximate surface area is 164 Å². The first-order valence-corrected chi connectivity index (χ1v) is 9.75. The van der Waals surface area contributed by atoms with Crippen LogP contribution in [0.15, 0.2) is 53.9 Å². The molecule has 27 heavy (non-hydrogen) atoms. The van der Waals surface area contributed by atoms with Gasteiger partial charge in [0.15, 0.2) is 11.7 Å². The van der Waals surface area contributed by atoms with Crippen LogP contribution in [0.3, 0.4) is 0 Å². The number of hydrogen-bond acceptors (Lipinski definition) is 4. The molecule has 140 valence electrons. The predicted molar refractivity (Wildman–Crippen MR) is 112 cm³/mol. The van der Waals surface area contributed by atoms with Gasteiger partial charge >= 0.3 is 0 Å². The summed E-state index contributed by atoms with van der Waals surface area (Å²) in [5.74, 6) is 0.494. The van der Waals surface area contributed by atoms with Crippen LogP contribution >= 0.6 is 11.3 Å². The highest BCUT2D eigenvalue weighted by Crippen LogP contribution is 2.28. The largest absolute Gasteiger partial charge is 0.483 e. The fourth-order valence-electron chi connectivity index (χ4n) is 2.62. The highest BCUT2D eigenvalue weighted by atomic mass is 32.1. The van der Waals surface area contributed by atoms with Crippen molar-refractivity contribution in [1.29, 1.82) is 0 Å². The monoisotopic (exact) mass is 380 g/mol. The van der Waals surface area contributed by atoms with E-state index in [1.165, 1.54) is 16.9 Å². The first kappa shape index (κ1) is 19.1. The van der Waals surface area contributed by atoms with Gasteiger partial charge in [-0.25, -0.2) is 4.98 Å². The standard InChI is InChI=1S/C22H24N2O2S/c1-15-7-5-6-8-19(15)26-13-20(25)24-21-23-18(14-27-21)16-9-11-17(12-10-16)22(2,3)4/h5-12,14H,13H2,1-4H3,(H,23,24,25). The Kier molecular flexibility index (Phi) is 5.61. The number of nitrogens with zero attached hydrogens (tertiary/aromatic N) is 1. The summed E-state index contributed by atoms with van der Waals surface area (Å²) in [6.07, 6.45) is 0. The number of amides is 1. The van der Waals surface area contributed by atoms with E-state index in [9.17, 15) is 4.79 Å². The Morgan fingerprint density at radius 3 is 2.48 bits per heavy atom. The third kappa shape index (κ3) is 4.95. The Morgan fingerprint density at radius 2 is 1.81 bits per heavy atom. The number of aryl methyl sites for hydroxylation is 1. The number of thiazole rings is 1. The number of carbonyl (C=O) groups is 1. The highest BCUT2D eigenvalue weighted by Gasteiger charge is 2.14. The molecule has 1 N–H and O–H groups in total. The maximum Gasteiger partial charge on any atom is 0.264 e. The van der Waals surface area contributed by atoms with E-state index in [0.717, 1.165) is 16.8 Å². The van der Waals surface area contributed by atoms with E-state index in [2.05, 4.69) is 55.3 Å². The molecule has 0 aliphatic rings. The Morgan fingerprint density at radius 1 is 1.11 bits per heavy atom. The number of ether oxygens (including phenoxy) is 1. The zero-order valence-electron chi connectivity index (χ0n) is 16.1. The van der Waals surface area contributed by atoms with E-state index in [0.29, 0.717) is 10.9 Å². The van der Waals surface area contributed by atoms with E-state index < -0.39 is 0 Å². The third-order valence-electron chi connectivity index (χ3n) is 4.25. The number of rotatable bonds is 5. The number of benzene rings is 2. The molecule has 0 aliphatic carbocycles. The van der Waals surface area contributed by atoms with Gasteiger partial charge < -0.3 is 4.74 Å². The van der Waals surface area contributed by atoms with Gasteiger partial charge in [0.1, 0.15) is 5.75 Å². The molecular weight excluding hydrogens is 356 g/mol. The lowest BCUT2D eigenvalue weighted by Crippen LogP contribution is -2.20. The van der Waals surface area contributed by atoms with Crippen molar-refractivity contribution in [2.75, 3.05) is 11.9 Å². The second-order valence-corrected chi connectivity index (χ2v) is 8.33. The quantitative estimate of drug-likeness (QED) is 0.642. The van der Waals surface area contributed by atoms with Crippen LogP contribution in [-0.2, 0) is 10.2 Å². The summed E-state index contributed by atoms with van der Waals surface area (Å²) in [7, 11) is 0. The van der Waals surface area contributed by atoms with Crippen molar-refractivity contribution in [2.45, 2.75) is 33.1 Å². The van der Waals surface area contributed by atoms with Gasteiger partial charge in [0.25, 0.3) is 5.91 Å². The van der Waals surface area contributed by atoms with Crippen LogP contribution in [-0.4, -0.2) is 17.5 Å². The van der Waals surface area contributed by atoms with Crippen molar-refractivity contribution in [3.63, 3.8) is 0 Å². The van der Waals surface area contributed by atoms with Gasteiger partial charge in [0.05, 0.1) is 5.69 Å². The van der Waals surface area contributed by atoms with Crippen LogP contribution in [0, 0.1) is 6.92 Å². The van der Waals surface area contributed by atoms with Crippen LogP contribution in [0.25, 0.3) is 11.3 Å². The zero-order valence-corrected chi connectivity index (χ0v) is 16.9. The molecule has 0 saturated carbocycles. The second-order valence-electron chi connectivity index (χ2n) is 7.47. The van der Waals surface area contributed by atoms with E-state index in [4.69, 9.17) is 4.74 Å². The van der Waals surface area contributed by atoms with Gasteiger partial charge in [0, 0.05) is 10.9 Å². The minimum Gasteiger partial charge on any atom is -0.483 e. The fraction of sp³-hybridized carbons (Fsp3) is 0.273. The van der Waals surface area contributed by atoms with E-state index in [1.54, 1.807) is 0 Å². The minimum atomic E-state index is -0.220. The van der Waals surface area contributed by atoms with Crippen LogP contribution in [0.4, 0.5) is 5.13 Å². The zero-order chi connectivity index (χ0) is 19.4. The summed E-state index contributed by atoms with van der Waals surface area (Å²) >= 11 is 1.41. The van der Waals surface area contributed by atoms with Crippen LogP contribution in [0.1, 0.15) is 31.9 Å². The van der Waals surface area contributed by atoms with Crippen molar-refractivity contribution in [2.24, 2.45) is 0 Å². The average Bonchev–Trinajstić information content (AvgIpc) is 3.09. The van der Waals surface area contributed by atoms with Crippen molar-refractivity contribution in [3.05, 3.63) is 65.0 Å². The van der Waals surface area contributed by atoms with Gasteiger partial charge in [-0.3, -0.25) is 10.1 Å². The third-order valence-corrected chi connectivity index (χ3v) is 5.01. The van der Waals surface area contributed by atoms with Crippen molar-refractivity contribution < 1.29 is 9.53 Å². The molecule has 4 nitrogen and oxygen atoms in total.